The third-order valence-corrected chi connectivity index (χ3v) is 2.67. The van der Waals surface area contributed by atoms with Crippen molar-refractivity contribution in [2.75, 3.05) is 6.54 Å². The van der Waals surface area contributed by atoms with E-state index in [0.717, 1.165) is 19.0 Å². The quantitative estimate of drug-likeness (QED) is 0.867. The Morgan fingerprint density at radius 3 is 2.53 bits per heavy atom. The molecule has 1 N–H and O–H groups in total. The molecular weight excluding hydrogens is 255 g/mol. The lowest BCUT2D eigenvalue weighted by molar-refractivity contribution is -0.141. The van der Waals surface area contributed by atoms with Gasteiger partial charge < -0.3 is 5.32 Å². The second-order valence-electron chi connectivity index (χ2n) is 4.94. The van der Waals surface area contributed by atoms with Crippen LogP contribution in [0.1, 0.15) is 38.7 Å². The molecule has 108 valence electrons. The fourth-order valence-corrected chi connectivity index (χ4v) is 1.97. The van der Waals surface area contributed by atoms with E-state index in [4.69, 9.17) is 0 Å². The van der Waals surface area contributed by atoms with Gasteiger partial charge in [0.2, 0.25) is 0 Å². The minimum Gasteiger partial charge on any atom is -0.314 e. The minimum absolute atomic E-state index is 0.105. The van der Waals surface area contributed by atoms with Crippen molar-refractivity contribution in [3.05, 3.63) is 23.8 Å². The van der Waals surface area contributed by atoms with Crippen molar-refractivity contribution in [2.24, 2.45) is 5.92 Å². The molecule has 0 aliphatic heterocycles. The van der Waals surface area contributed by atoms with Gasteiger partial charge in [-0.3, -0.25) is 0 Å². The first-order valence-electron chi connectivity index (χ1n) is 6.45. The summed E-state index contributed by atoms with van der Waals surface area (Å²) in [6, 6.07) is 1.00. The third kappa shape index (κ3) is 5.55. The van der Waals surface area contributed by atoms with E-state index in [9.17, 15) is 13.2 Å². The first-order valence-corrected chi connectivity index (χ1v) is 6.45. The highest BCUT2D eigenvalue weighted by Gasteiger charge is 2.32. The third-order valence-electron chi connectivity index (χ3n) is 2.67. The SMILES string of the molecule is CCNC(Cc1nccc(C(F)(F)F)n1)CC(C)C. The number of rotatable bonds is 6. The number of alkyl halides is 3. The van der Waals surface area contributed by atoms with E-state index in [1.54, 1.807) is 0 Å². The normalized spacial score (nSPS) is 13.8. The standard InChI is InChI=1S/C13H20F3N3/c1-4-17-10(7-9(2)3)8-12-18-6-5-11(19-12)13(14,15)16/h5-6,9-10,17H,4,7-8H2,1-3H3. The van der Waals surface area contributed by atoms with Crippen LogP contribution in [0.4, 0.5) is 13.2 Å². The van der Waals surface area contributed by atoms with Crippen LogP contribution in [0.25, 0.3) is 0 Å². The Morgan fingerprint density at radius 2 is 2.00 bits per heavy atom. The lowest BCUT2D eigenvalue weighted by Crippen LogP contribution is -2.33. The summed E-state index contributed by atoms with van der Waals surface area (Å²) in [5.41, 5.74) is -0.878. The Hall–Kier alpha value is -1.17. The van der Waals surface area contributed by atoms with E-state index in [1.807, 2.05) is 6.92 Å². The average Bonchev–Trinajstić information content (AvgIpc) is 2.27. The first kappa shape index (κ1) is 15.9. The fourth-order valence-electron chi connectivity index (χ4n) is 1.97. The monoisotopic (exact) mass is 275 g/mol. The van der Waals surface area contributed by atoms with Crippen molar-refractivity contribution < 1.29 is 13.2 Å². The Kier molecular flexibility index (Phi) is 5.72. The van der Waals surface area contributed by atoms with Crippen LogP contribution < -0.4 is 5.32 Å². The zero-order valence-electron chi connectivity index (χ0n) is 11.5. The summed E-state index contributed by atoms with van der Waals surface area (Å²) >= 11 is 0. The topological polar surface area (TPSA) is 37.8 Å². The van der Waals surface area contributed by atoms with Gasteiger partial charge in [-0.1, -0.05) is 20.8 Å². The van der Waals surface area contributed by atoms with Gasteiger partial charge in [0.15, 0.2) is 0 Å². The summed E-state index contributed by atoms with van der Waals surface area (Å²) in [7, 11) is 0. The maximum atomic E-state index is 12.6. The molecule has 1 heterocycles. The van der Waals surface area contributed by atoms with Gasteiger partial charge in [0.1, 0.15) is 11.5 Å². The maximum absolute atomic E-state index is 12.6. The molecule has 0 radical (unpaired) electrons. The Balaban J connectivity index is 2.79. The molecule has 0 saturated carbocycles. The van der Waals surface area contributed by atoms with Crippen LogP contribution in [0.2, 0.25) is 0 Å². The highest BCUT2D eigenvalue weighted by atomic mass is 19.4. The van der Waals surface area contributed by atoms with Gasteiger partial charge in [0.05, 0.1) is 0 Å². The molecule has 1 aromatic heterocycles. The van der Waals surface area contributed by atoms with Gasteiger partial charge in [-0.15, -0.1) is 0 Å². The van der Waals surface area contributed by atoms with Crippen molar-refractivity contribution in [2.45, 2.75) is 45.8 Å². The van der Waals surface area contributed by atoms with E-state index in [0.29, 0.717) is 12.3 Å². The zero-order chi connectivity index (χ0) is 14.5. The summed E-state index contributed by atoms with van der Waals surface area (Å²) < 4.78 is 37.7. The predicted molar refractivity (Wildman–Crippen MR) is 67.7 cm³/mol. The molecular formula is C13H20F3N3. The first-order chi connectivity index (χ1) is 8.82. The molecule has 1 rings (SSSR count). The van der Waals surface area contributed by atoms with Gasteiger partial charge in [0, 0.05) is 18.7 Å². The highest BCUT2D eigenvalue weighted by molar-refractivity contribution is 5.07. The van der Waals surface area contributed by atoms with Crippen molar-refractivity contribution in [3.63, 3.8) is 0 Å². The molecule has 1 atom stereocenters. The number of nitrogens with one attached hydrogen (secondary N) is 1. The number of aromatic nitrogens is 2. The van der Waals surface area contributed by atoms with Crippen LogP contribution in [0.15, 0.2) is 12.3 Å². The minimum atomic E-state index is -4.41. The van der Waals surface area contributed by atoms with E-state index in [-0.39, 0.29) is 11.9 Å². The fraction of sp³-hybridized carbons (Fsp3) is 0.692. The molecule has 0 fully saturated rings. The lowest BCUT2D eigenvalue weighted by atomic mass is 10.0. The van der Waals surface area contributed by atoms with E-state index < -0.39 is 11.9 Å². The maximum Gasteiger partial charge on any atom is 0.433 e. The second-order valence-corrected chi connectivity index (χ2v) is 4.94. The van der Waals surface area contributed by atoms with Crippen LogP contribution in [0.5, 0.6) is 0 Å². The second kappa shape index (κ2) is 6.84. The van der Waals surface area contributed by atoms with Crippen molar-refractivity contribution in [1.82, 2.24) is 15.3 Å². The summed E-state index contributed by atoms with van der Waals surface area (Å²) in [4.78, 5) is 7.53. The number of nitrogens with zero attached hydrogens (tertiary/aromatic N) is 2. The van der Waals surface area contributed by atoms with E-state index in [1.165, 1.54) is 6.20 Å². The number of hydrogen-bond acceptors (Lipinski definition) is 3. The summed E-state index contributed by atoms with van der Waals surface area (Å²) in [5, 5.41) is 3.26. The summed E-state index contributed by atoms with van der Waals surface area (Å²) in [6.45, 7) is 6.91. The molecule has 0 aliphatic rings. The largest absolute Gasteiger partial charge is 0.433 e. The molecule has 0 spiro atoms. The Labute approximate surface area is 111 Å². The van der Waals surface area contributed by atoms with Crippen LogP contribution in [0.3, 0.4) is 0 Å². The van der Waals surface area contributed by atoms with E-state index in [2.05, 4.69) is 29.1 Å². The van der Waals surface area contributed by atoms with E-state index >= 15 is 0 Å². The molecule has 0 aromatic carbocycles. The number of likely N-dealkylation sites (N-methyl/N-ethyl adjacent to an activating group) is 1. The Bertz CT molecular complexity index is 391. The summed E-state index contributed by atoms with van der Waals surface area (Å²) in [5.74, 6) is 0.705. The lowest BCUT2D eigenvalue weighted by Gasteiger charge is -2.19. The molecule has 0 aliphatic carbocycles. The smallest absolute Gasteiger partial charge is 0.314 e. The van der Waals surface area contributed by atoms with Crippen LogP contribution in [-0.2, 0) is 12.6 Å². The molecule has 19 heavy (non-hydrogen) atoms. The molecule has 6 heteroatoms. The van der Waals surface area contributed by atoms with Crippen molar-refractivity contribution in [1.29, 1.82) is 0 Å². The van der Waals surface area contributed by atoms with Gasteiger partial charge in [-0.2, -0.15) is 13.2 Å². The van der Waals surface area contributed by atoms with Gasteiger partial charge in [-0.05, 0) is 24.9 Å². The molecule has 0 bridgehead atoms. The zero-order valence-corrected chi connectivity index (χ0v) is 11.5. The molecule has 1 aromatic rings. The number of hydrogen-bond donors (Lipinski definition) is 1. The molecule has 0 amide bonds. The predicted octanol–water partition coefficient (Wildman–Crippen LogP) is 3.06. The Morgan fingerprint density at radius 1 is 1.32 bits per heavy atom. The van der Waals surface area contributed by atoms with Crippen molar-refractivity contribution >= 4 is 0 Å². The summed E-state index contributed by atoms with van der Waals surface area (Å²) in [6.07, 6.45) is -1.95. The van der Waals surface area contributed by atoms with Crippen LogP contribution in [0, 0.1) is 5.92 Å². The number of halogens is 3. The molecule has 1 unspecified atom stereocenters. The van der Waals surface area contributed by atoms with Crippen LogP contribution >= 0.6 is 0 Å². The average molecular weight is 275 g/mol. The van der Waals surface area contributed by atoms with Crippen molar-refractivity contribution in [3.8, 4) is 0 Å². The van der Waals surface area contributed by atoms with Crippen LogP contribution in [-0.4, -0.2) is 22.6 Å². The molecule has 0 saturated heterocycles. The van der Waals surface area contributed by atoms with Gasteiger partial charge >= 0.3 is 6.18 Å². The van der Waals surface area contributed by atoms with Gasteiger partial charge in [0.25, 0.3) is 0 Å². The highest BCUT2D eigenvalue weighted by Crippen LogP contribution is 2.27. The molecule has 3 nitrogen and oxygen atoms in total. The van der Waals surface area contributed by atoms with Gasteiger partial charge in [-0.25, -0.2) is 9.97 Å².